The Balaban J connectivity index is 1.49. The molecule has 0 fully saturated rings. The second kappa shape index (κ2) is 7.52. The van der Waals surface area contributed by atoms with Crippen molar-refractivity contribution in [1.29, 1.82) is 0 Å². The minimum atomic E-state index is 0.642. The molecule has 3 aromatic rings. The Kier molecular flexibility index (Phi) is 5.15. The standard InChI is InChI=1S/C19H19ClN2OS2/c1-12-21-18(24-11-10-23-14-8-6-13(20)7-9-14)17-15-4-2-3-5-16(15)25-19(17)22-12/h6-9H,2-5,10-11H2,1H3. The van der Waals surface area contributed by atoms with Crippen LogP contribution in [0.25, 0.3) is 10.2 Å². The zero-order valence-electron chi connectivity index (χ0n) is 14.0. The van der Waals surface area contributed by atoms with Crippen LogP contribution in [0.1, 0.15) is 29.1 Å². The molecule has 0 N–H and O–H groups in total. The van der Waals surface area contributed by atoms with Crippen LogP contribution >= 0.6 is 34.7 Å². The summed E-state index contributed by atoms with van der Waals surface area (Å²) in [7, 11) is 0. The molecule has 6 heteroatoms. The third-order valence-corrected chi connectivity index (χ3v) is 6.68. The molecule has 2 aromatic heterocycles. The van der Waals surface area contributed by atoms with E-state index in [4.69, 9.17) is 21.3 Å². The maximum absolute atomic E-state index is 5.90. The van der Waals surface area contributed by atoms with Crippen LogP contribution in [0.5, 0.6) is 5.75 Å². The molecule has 0 bridgehead atoms. The fraction of sp³-hybridized carbons (Fsp3) is 0.368. The Morgan fingerprint density at radius 2 is 1.96 bits per heavy atom. The summed E-state index contributed by atoms with van der Waals surface area (Å²) < 4.78 is 5.80. The molecule has 0 unspecified atom stereocenters. The van der Waals surface area contributed by atoms with E-state index in [-0.39, 0.29) is 0 Å². The predicted octanol–water partition coefficient (Wildman–Crippen LogP) is 5.70. The molecule has 0 saturated heterocycles. The van der Waals surface area contributed by atoms with Gasteiger partial charge in [-0.2, -0.15) is 0 Å². The Morgan fingerprint density at radius 1 is 1.16 bits per heavy atom. The van der Waals surface area contributed by atoms with Crippen LogP contribution in [-0.4, -0.2) is 22.3 Å². The van der Waals surface area contributed by atoms with Crippen LogP contribution < -0.4 is 4.74 Å². The minimum Gasteiger partial charge on any atom is -0.493 e. The van der Waals surface area contributed by atoms with E-state index in [1.807, 2.05) is 42.5 Å². The Labute approximate surface area is 160 Å². The summed E-state index contributed by atoms with van der Waals surface area (Å²) in [5, 5.41) is 3.13. The number of nitrogens with zero attached hydrogens (tertiary/aromatic N) is 2. The molecular formula is C19H19ClN2OS2. The van der Waals surface area contributed by atoms with Crippen LogP contribution in [0, 0.1) is 6.92 Å². The highest BCUT2D eigenvalue weighted by Crippen LogP contribution is 2.39. The average molecular weight is 391 g/mol. The Bertz CT molecular complexity index is 893. The third kappa shape index (κ3) is 3.78. The lowest BCUT2D eigenvalue weighted by Gasteiger charge is -2.12. The number of ether oxygens (including phenoxy) is 1. The first-order chi connectivity index (χ1) is 12.2. The number of benzene rings is 1. The summed E-state index contributed by atoms with van der Waals surface area (Å²) in [6.45, 7) is 2.62. The van der Waals surface area contributed by atoms with Gasteiger partial charge >= 0.3 is 0 Å². The number of aryl methyl sites for hydroxylation is 3. The largest absolute Gasteiger partial charge is 0.493 e. The number of fused-ring (bicyclic) bond motifs is 3. The number of thiophene rings is 1. The molecule has 130 valence electrons. The van der Waals surface area contributed by atoms with Crippen molar-refractivity contribution in [3.63, 3.8) is 0 Å². The maximum Gasteiger partial charge on any atom is 0.128 e. The summed E-state index contributed by atoms with van der Waals surface area (Å²) in [5.74, 6) is 2.56. The maximum atomic E-state index is 5.90. The molecule has 0 spiro atoms. The van der Waals surface area contributed by atoms with E-state index in [1.54, 1.807) is 11.8 Å². The molecular weight excluding hydrogens is 372 g/mol. The number of hydrogen-bond acceptors (Lipinski definition) is 5. The molecule has 3 nitrogen and oxygen atoms in total. The van der Waals surface area contributed by atoms with E-state index in [1.165, 1.54) is 35.1 Å². The molecule has 25 heavy (non-hydrogen) atoms. The van der Waals surface area contributed by atoms with Crippen molar-refractivity contribution in [1.82, 2.24) is 9.97 Å². The van der Waals surface area contributed by atoms with Gasteiger partial charge in [0.1, 0.15) is 21.4 Å². The summed E-state index contributed by atoms with van der Waals surface area (Å²) >= 11 is 9.52. The first kappa shape index (κ1) is 17.1. The molecule has 0 aliphatic heterocycles. The average Bonchev–Trinajstić information content (AvgIpc) is 2.98. The van der Waals surface area contributed by atoms with Gasteiger partial charge in [-0.25, -0.2) is 9.97 Å². The fourth-order valence-corrected chi connectivity index (χ4v) is 5.58. The van der Waals surface area contributed by atoms with Crippen molar-refractivity contribution < 1.29 is 4.74 Å². The molecule has 1 aliphatic carbocycles. The van der Waals surface area contributed by atoms with Crippen molar-refractivity contribution in [2.75, 3.05) is 12.4 Å². The molecule has 1 aliphatic rings. The van der Waals surface area contributed by atoms with Crippen molar-refractivity contribution in [3.05, 3.63) is 45.6 Å². The van der Waals surface area contributed by atoms with E-state index >= 15 is 0 Å². The van der Waals surface area contributed by atoms with Crippen LogP contribution in [0.2, 0.25) is 5.02 Å². The quantitative estimate of drug-likeness (QED) is 0.318. The lowest BCUT2D eigenvalue weighted by Crippen LogP contribution is -2.02. The van der Waals surface area contributed by atoms with E-state index in [9.17, 15) is 0 Å². The van der Waals surface area contributed by atoms with Gasteiger partial charge in [-0.05, 0) is 62.4 Å². The predicted molar refractivity (Wildman–Crippen MR) is 106 cm³/mol. The van der Waals surface area contributed by atoms with Gasteiger partial charge in [-0.3, -0.25) is 0 Å². The summed E-state index contributed by atoms with van der Waals surface area (Å²) in [5.41, 5.74) is 1.49. The molecule has 1 aromatic carbocycles. The molecule has 0 saturated carbocycles. The van der Waals surface area contributed by atoms with Crippen LogP contribution in [0.3, 0.4) is 0 Å². The zero-order chi connectivity index (χ0) is 17.2. The number of aromatic nitrogens is 2. The second-order valence-corrected chi connectivity index (χ2v) is 8.72. The first-order valence-electron chi connectivity index (χ1n) is 8.51. The third-order valence-electron chi connectivity index (χ3n) is 4.30. The van der Waals surface area contributed by atoms with Gasteiger partial charge in [-0.15, -0.1) is 23.1 Å². The lowest BCUT2D eigenvalue weighted by molar-refractivity contribution is 0.344. The monoisotopic (exact) mass is 390 g/mol. The summed E-state index contributed by atoms with van der Waals surface area (Å²) in [6, 6.07) is 7.49. The highest BCUT2D eigenvalue weighted by Gasteiger charge is 2.20. The SMILES string of the molecule is Cc1nc(SCCOc2ccc(Cl)cc2)c2c3c(sc2n1)CCCC3. The van der Waals surface area contributed by atoms with Gasteiger partial charge in [0.2, 0.25) is 0 Å². The minimum absolute atomic E-state index is 0.642. The smallest absolute Gasteiger partial charge is 0.128 e. The topological polar surface area (TPSA) is 35.0 Å². The van der Waals surface area contributed by atoms with E-state index < -0.39 is 0 Å². The van der Waals surface area contributed by atoms with Crippen molar-refractivity contribution in [3.8, 4) is 5.75 Å². The van der Waals surface area contributed by atoms with Gasteiger partial charge in [0.15, 0.2) is 0 Å². The summed E-state index contributed by atoms with van der Waals surface area (Å²) in [6.07, 6.45) is 4.93. The number of thioether (sulfide) groups is 1. The fourth-order valence-electron chi connectivity index (χ4n) is 3.16. The van der Waals surface area contributed by atoms with Crippen LogP contribution in [-0.2, 0) is 12.8 Å². The van der Waals surface area contributed by atoms with Crippen LogP contribution in [0.4, 0.5) is 0 Å². The normalized spacial score (nSPS) is 13.8. The molecule has 2 heterocycles. The highest BCUT2D eigenvalue weighted by atomic mass is 35.5. The number of rotatable bonds is 5. The molecule has 0 radical (unpaired) electrons. The number of halogens is 1. The van der Waals surface area contributed by atoms with E-state index in [0.29, 0.717) is 6.61 Å². The highest BCUT2D eigenvalue weighted by molar-refractivity contribution is 7.99. The van der Waals surface area contributed by atoms with Gasteiger partial charge in [0.25, 0.3) is 0 Å². The van der Waals surface area contributed by atoms with Gasteiger partial charge in [0, 0.05) is 21.0 Å². The molecule has 0 amide bonds. The van der Waals surface area contributed by atoms with Crippen LogP contribution in [0.15, 0.2) is 29.3 Å². The second-order valence-electron chi connectivity index (χ2n) is 6.12. The van der Waals surface area contributed by atoms with Crippen molar-refractivity contribution >= 4 is 44.9 Å². The molecule has 0 atom stereocenters. The van der Waals surface area contributed by atoms with Gasteiger partial charge < -0.3 is 4.74 Å². The van der Waals surface area contributed by atoms with Crippen molar-refractivity contribution in [2.45, 2.75) is 37.6 Å². The molecule has 4 rings (SSSR count). The Morgan fingerprint density at radius 3 is 2.80 bits per heavy atom. The lowest BCUT2D eigenvalue weighted by atomic mass is 9.97. The first-order valence-corrected chi connectivity index (χ1v) is 10.7. The number of hydrogen-bond donors (Lipinski definition) is 0. The van der Waals surface area contributed by atoms with E-state index in [0.717, 1.165) is 38.6 Å². The van der Waals surface area contributed by atoms with Gasteiger partial charge in [-0.1, -0.05) is 11.6 Å². The summed E-state index contributed by atoms with van der Waals surface area (Å²) in [4.78, 5) is 12.1. The Hall–Kier alpha value is -1.30. The van der Waals surface area contributed by atoms with Gasteiger partial charge in [0.05, 0.1) is 6.61 Å². The zero-order valence-corrected chi connectivity index (χ0v) is 16.4. The van der Waals surface area contributed by atoms with Crippen molar-refractivity contribution in [2.24, 2.45) is 0 Å². The van der Waals surface area contributed by atoms with E-state index in [2.05, 4.69) is 4.98 Å².